The van der Waals surface area contributed by atoms with Gasteiger partial charge in [0.2, 0.25) is 10.0 Å². The SMILES string of the molecule is CNS(=O)(=O)c1cc(C(=O)OCc2c(C)nn(-c3ccccc3)c2Cl)ccc1OC. The number of sulfonamides is 1. The summed E-state index contributed by atoms with van der Waals surface area (Å²) in [5.41, 5.74) is 2.02. The number of methoxy groups -OCH3 is 1. The molecule has 2 aromatic carbocycles. The molecule has 1 heterocycles. The Hall–Kier alpha value is -2.88. The number of hydrogen-bond acceptors (Lipinski definition) is 6. The number of nitrogens with zero attached hydrogens (tertiary/aromatic N) is 2. The first kappa shape index (κ1) is 21.8. The van der Waals surface area contributed by atoms with Gasteiger partial charge in [-0.05, 0) is 44.3 Å². The zero-order chi connectivity index (χ0) is 21.9. The number of ether oxygens (including phenoxy) is 2. The number of para-hydroxylation sites is 1. The van der Waals surface area contributed by atoms with E-state index < -0.39 is 16.0 Å². The summed E-state index contributed by atoms with van der Waals surface area (Å²) < 4.78 is 38.6. The molecule has 30 heavy (non-hydrogen) atoms. The third-order valence-electron chi connectivity index (χ3n) is 4.43. The molecule has 3 rings (SSSR count). The summed E-state index contributed by atoms with van der Waals surface area (Å²) in [6.07, 6.45) is 0. The zero-order valence-corrected chi connectivity index (χ0v) is 18.1. The summed E-state index contributed by atoms with van der Waals surface area (Å²) in [5.74, 6) is -0.586. The van der Waals surface area contributed by atoms with E-state index in [2.05, 4.69) is 9.82 Å². The van der Waals surface area contributed by atoms with Crippen molar-refractivity contribution >= 4 is 27.6 Å². The second-order valence-corrected chi connectivity index (χ2v) is 8.46. The molecule has 0 saturated carbocycles. The van der Waals surface area contributed by atoms with Gasteiger partial charge in [-0.2, -0.15) is 5.10 Å². The molecule has 0 aliphatic heterocycles. The van der Waals surface area contributed by atoms with Crippen molar-refractivity contribution in [1.29, 1.82) is 0 Å². The molecule has 0 aliphatic rings. The average molecular weight is 450 g/mol. The third kappa shape index (κ3) is 4.33. The van der Waals surface area contributed by atoms with E-state index in [0.717, 1.165) is 5.69 Å². The molecule has 8 nitrogen and oxygen atoms in total. The lowest BCUT2D eigenvalue weighted by molar-refractivity contribution is 0.0472. The molecule has 0 amide bonds. The lowest BCUT2D eigenvalue weighted by Gasteiger charge is -2.11. The number of hydrogen-bond donors (Lipinski definition) is 1. The number of halogens is 1. The smallest absolute Gasteiger partial charge is 0.338 e. The standard InChI is InChI=1S/C20H20ClN3O5S/c1-13-16(19(21)24(23-13)15-7-5-4-6-8-15)12-29-20(25)14-9-10-17(28-3)18(11-14)30(26,27)22-2/h4-11,22H,12H2,1-3H3. The second kappa shape index (κ2) is 8.86. The van der Waals surface area contributed by atoms with Gasteiger partial charge in [0.25, 0.3) is 0 Å². The Balaban J connectivity index is 1.83. The molecule has 1 N–H and O–H groups in total. The Kier molecular flexibility index (Phi) is 6.45. The van der Waals surface area contributed by atoms with Gasteiger partial charge in [-0.15, -0.1) is 0 Å². The fraction of sp³-hybridized carbons (Fsp3) is 0.200. The molecule has 0 radical (unpaired) electrons. The fourth-order valence-corrected chi connectivity index (χ4v) is 4.03. The topological polar surface area (TPSA) is 99.5 Å². The van der Waals surface area contributed by atoms with Gasteiger partial charge in [0, 0.05) is 5.56 Å². The number of carbonyl (C=O) groups is 1. The molecule has 0 aliphatic carbocycles. The van der Waals surface area contributed by atoms with Crippen molar-refractivity contribution in [3.05, 3.63) is 70.5 Å². The van der Waals surface area contributed by atoms with Crippen LogP contribution < -0.4 is 9.46 Å². The molecule has 0 fully saturated rings. The minimum absolute atomic E-state index is 0.0638. The van der Waals surface area contributed by atoms with Crippen LogP contribution in [0, 0.1) is 6.92 Å². The number of aryl methyl sites for hydroxylation is 1. The van der Waals surface area contributed by atoms with Crippen LogP contribution in [0.3, 0.4) is 0 Å². The average Bonchev–Trinajstić information content (AvgIpc) is 3.05. The van der Waals surface area contributed by atoms with Crippen molar-refractivity contribution in [2.75, 3.05) is 14.2 Å². The quantitative estimate of drug-likeness (QED) is 0.556. The third-order valence-corrected chi connectivity index (χ3v) is 6.25. The van der Waals surface area contributed by atoms with E-state index >= 15 is 0 Å². The lowest BCUT2D eigenvalue weighted by Crippen LogP contribution is -2.20. The van der Waals surface area contributed by atoms with E-state index in [-0.39, 0.29) is 22.8 Å². The predicted octanol–water partition coefficient (Wildman–Crippen LogP) is 3.11. The van der Waals surface area contributed by atoms with Gasteiger partial charge in [0.15, 0.2) is 0 Å². The zero-order valence-electron chi connectivity index (χ0n) is 16.5. The molecular weight excluding hydrogens is 430 g/mol. The van der Waals surface area contributed by atoms with E-state index in [9.17, 15) is 13.2 Å². The van der Waals surface area contributed by atoms with Crippen molar-refractivity contribution < 1.29 is 22.7 Å². The molecule has 3 aromatic rings. The van der Waals surface area contributed by atoms with Gasteiger partial charge in [-0.1, -0.05) is 29.8 Å². The number of rotatable bonds is 7. The van der Waals surface area contributed by atoms with Crippen LogP contribution in [0.15, 0.2) is 53.4 Å². The van der Waals surface area contributed by atoms with Gasteiger partial charge >= 0.3 is 5.97 Å². The highest BCUT2D eigenvalue weighted by atomic mass is 35.5. The normalized spacial score (nSPS) is 11.3. The number of aromatic nitrogens is 2. The maximum absolute atomic E-state index is 12.5. The van der Waals surface area contributed by atoms with E-state index in [1.807, 2.05) is 30.3 Å². The van der Waals surface area contributed by atoms with Crippen LogP contribution in [0.5, 0.6) is 5.75 Å². The van der Waals surface area contributed by atoms with E-state index in [4.69, 9.17) is 21.1 Å². The molecular formula is C20H20ClN3O5S. The fourth-order valence-electron chi connectivity index (χ4n) is 2.78. The van der Waals surface area contributed by atoms with Crippen molar-refractivity contribution in [2.45, 2.75) is 18.4 Å². The first-order chi connectivity index (χ1) is 14.3. The van der Waals surface area contributed by atoms with Crippen LogP contribution in [0.4, 0.5) is 0 Å². The van der Waals surface area contributed by atoms with Gasteiger partial charge in [0.1, 0.15) is 22.4 Å². The summed E-state index contributed by atoms with van der Waals surface area (Å²) in [5, 5.41) is 4.73. The first-order valence-corrected chi connectivity index (χ1v) is 10.7. The summed E-state index contributed by atoms with van der Waals surface area (Å²) in [7, 11) is -1.20. The van der Waals surface area contributed by atoms with Crippen molar-refractivity contribution in [1.82, 2.24) is 14.5 Å². The number of benzene rings is 2. The number of nitrogens with one attached hydrogen (secondary N) is 1. The van der Waals surface area contributed by atoms with E-state index in [1.54, 1.807) is 11.6 Å². The molecule has 10 heteroatoms. The Morgan fingerprint density at radius 1 is 1.20 bits per heavy atom. The largest absolute Gasteiger partial charge is 0.495 e. The van der Waals surface area contributed by atoms with Gasteiger partial charge in [-0.3, -0.25) is 0 Å². The van der Waals surface area contributed by atoms with E-state index in [1.165, 1.54) is 32.4 Å². The van der Waals surface area contributed by atoms with Crippen LogP contribution in [0.2, 0.25) is 5.15 Å². The number of esters is 1. The summed E-state index contributed by atoms with van der Waals surface area (Å²) >= 11 is 6.44. The summed E-state index contributed by atoms with van der Waals surface area (Å²) in [4.78, 5) is 12.4. The van der Waals surface area contributed by atoms with Crippen LogP contribution in [-0.2, 0) is 21.4 Å². The molecule has 0 unspecified atom stereocenters. The predicted molar refractivity (Wildman–Crippen MR) is 112 cm³/mol. The molecule has 0 saturated heterocycles. The minimum atomic E-state index is -3.82. The highest BCUT2D eigenvalue weighted by Gasteiger charge is 2.22. The van der Waals surface area contributed by atoms with Crippen LogP contribution in [0.25, 0.3) is 5.69 Å². The van der Waals surface area contributed by atoms with Crippen molar-refractivity contribution in [3.8, 4) is 11.4 Å². The molecule has 0 bridgehead atoms. The Bertz CT molecular complexity index is 1180. The summed E-state index contributed by atoms with van der Waals surface area (Å²) in [6.45, 7) is 1.65. The lowest BCUT2D eigenvalue weighted by atomic mass is 10.2. The molecule has 0 spiro atoms. The highest BCUT2D eigenvalue weighted by molar-refractivity contribution is 7.89. The van der Waals surface area contributed by atoms with Gasteiger partial charge < -0.3 is 9.47 Å². The maximum atomic E-state index is 12.5. The van der Waals surface area contributed by atoms with Crippen LogP contribution in [-0.4, -0.2) is 38.3 Å². The van der Waals surface area contributed by atoms with E-state index in [0.29, 0.717) is 16.4 Å². The van der Waals surface area contributed by atoms with Gasteiger partial charge in [0.05, 0.1) is 24.1 Å². The second-order valence-electron chi connectivity index (χ2n) is 6.25. The Morgan fingerprint density at radius 3 is 2.53 bits per heavy atom. The maximum Gasteiger partial charge on any atom is 0.338 e. The minimum Gasteiger partial charge on any atom is -0.495 e. The monoisotopic (exact) mass is 449 g/mol. The first-order valence-electron chi connectivity index (χ1n) is 8.86. The van der Waals surface area contributed by atoms with Crippen LogP contribution in [0.1, 0.15) is 21.6 Å². The highest BCUT2D eigenvalue weighted by Crippen LogP contribution is 2.27. The Morgan fingerprint density at radius 2 is 1.90 bits per heavy atom. The molecule has 0 atom stereocenters. The van der Waals surface area contributed by atoms with Crippen LogP contribution >= 0.6 is 11.6 Å². The van der Waals surface area contributed by atoms with Crippen molar-refractivity contribution in [3.63, 3.8) is 0 Å². The molecule has 1 aromatic heterocycles. The van der Waals surface area contributed by atoms with Crippen molar-refractivity contribution in [2.24, 2.45) is 0 Å². The molecule has 158 valence electrons. The summed E-state index contributed by atoms with van der Waals surface area (Å²) in [6, 6.07) is 13.4. The van der Waals surface area contributed by atoms with Gasteiger partial charge in [-0.25, -0.2) is 22.6 Å². The number of carbonyl (C=O) groups excluding carboxylic acids is 1. The Labute approximate surface area is 179 Å².